The molecule has 0 heterocycles. The summed E-state index contributed by atoms with van der Waals surface area (Å²) in [6.07, 6.45) is 0. The first kappa shape index (κ1) is 28.8. The largest absolute Gasteiger partial charge is 0.350 e. The summed E-state index contributed by atoms with van der Waals surface area (Å²) in [7, 11) is 0. The molecular formula is C21H40Cl2N4O3. The second-order valence-electron chi connectivity index (χ2n) is 9.09. The normalized spacial score (nSPS) is 15.7. The molecule has 9 heteroatoms. The Labute approximate surface area is 191 Å². The van der Waals surface area contributed by atoms with E-state index in [2.05, 4.69) is 21.3 Å². The third-order valence-electron chi connectivity index (χ3n) is 5.07. The van der Waals surface area contributed by atoms with Crippen molar-refractivity contribution >= 4 is 41.0 Å². The van der Waals surface area contributed by atoms with E-state index in [1.54, 1.807) is 0 Å². The van der Waals surface area contributed by atoms with Crippen LogP contribution in [0.3, 0.4) is 0 Å². The number of amides is 4. The number of rotatable bonds is 12. The molecule has 0 aliphatic heterocycles. The summed E-state index contributed by atoms with van der Waals surface area (Å²) < 4.78 is 0. The van der Waals surface area contributed by atoms with Crippen molar-refractivity contribution in [1.29, 1.82) is 0 Å². The minimum absolute atomic E-state index is 0.146. The molecule has 0 aromatic carbocycles. The molecule has 176 valence electrons. The van der Waals surface area contributed by atoms with Crippen LogP contribution in [0, 0.1) is 23.7 Å². The number of carbonyl (C=O) groups excluding carboxylic acids is 3. The summed E-state index contributed by atoms with van der Waals surface area (Å²) in [5, 5.41) is 11.2. The van der Waals surface area contributed by atoms with Gasteiger partial charge in [0.25, 0.3) is 0 Å². The molecule has 0 radical (unpaired) electrons. The Bertz CT molecular complexity index is 510. The number of carbonyl (C=O) groups is 3. The van der Waals surface area contributed by atoms with Crippen molar-refractivity contribution in [1.82, 2.24) is 21.3 Å². The van der Waals surface area contributed by atoms with Gasteiger partial charge < -0.3 is 21.3 Å². The highest BCUT2D eigenvalue weighted by atomic mass is 35.5. The zero-order valence-corrected chi connectivity index (χ0v) is 21.0. The SMILES string of the molecule is CC(C)[C@H](NC(=O)N[C@H](C(=O)N[C@H](CCl)C(C)C)C(C)C)C(=O)N[C@H](CCl)C(C)C. The minimum atomic E-state index is -0.753. The monoisotopic (exact) mass is 466 g/mol. The fourth-order valence-corrected chi connectivity index (χ4v) is 3.57. The Morgan fingerprint density at radius 1 is 0.567 bits per heavy atom. The van der Waals surface area contributed by atoms with Crippen LogP contribution in [0.5, 0.6) is 0 Å². The van der Waals surface area contributed by atoms with E-state index in [0.29, 0.717) is 0 Å². The fourth-order valence-electron chi connectivity index (χ4n) is 2.71. The second-order valence-corrected chi connectivity index (χ2v) is 9.71. The number of alkyl halides is 2. The van der Waals surface area contributed by atoms with Crippen molar-refractivity contribution in [3.05, 3.63) is 0 Å². The Morgan fingerprint density at radius 2 is 0.867 bits per heavy atom. The van der Waals surface area contributed by atoms with E-state index in [1.165, 1.54) is 0 Å². The van der Waals surface area contributed by atoms with Crippen LogP contribution < -0.4 is 21.3 Å². The lowest BCUT2D eigenvalue weighted by Crippen LogP contribution is -2.59. The molecule has 30 heavy (non-hydrogen) atoms. The van der Waals surface area contributed by atoms with Crippen LogP contribution in [0.25, 0.3) is 0 Å². The molecule has 4 amide bonds. The van der Waals surface area contributed by atoms with Gasteiger partial charge in [0.05, 0.1) is 0 Å². The average Bonchev–Trinajstić information content (AvgIpc) is 2.64. The third kappa shape index (κ3) is 9.73. The van der Waals surface area contributed by atoms with E-state index in [-0.39, 0.29) is 59.3 Å². The number of hydrogen-bond acceptors (Lipinski definition) is 3. The van der Waals surface area contributed by atoms with Gasteiger partial charge in [0, 0.05) is 23.8 Å². The molecule has 0 aliphatic carbocycles. The first-order chi connectivity index (χ1) is 13.8. The van der Waals surface area contributed by atoms with Crippen LogP contribution in [0.15, 0.2) is 0 Å². The zero-order valence-electron chi connectivity index (χ0n) is 19.5. The second kappa shape index (κ2) is 14.0. The van der Waals surface area contributed by atoms with E-state index in [1.807, 2.05) is 55.4 Å². The molecule has 0 spiro atoms. The standard InChI is InChI=1S/C21H40Cl2N4O3/c1-11(2)15(9-22)24-19(28)17(13(5)6)26-21(30)27-18(14(7)8)20(29)25-16(10-23)12(3)4/h11-18H,9-10H2,1-8H3,(H,24,28)(H,25,29)(H2,26,27,30)/t15-,16-,17+,18+/m1/s1. The van der Waals surface area contributed by atoms with Crippen LogP contribution in [0.4, 0.5) is 4.79 Å². The number of halogens is 2. The summed E-state index contributed by atoms with van der Waals surface area (Å²) >= 11 is 11.9. The lowest BCUT2D eigenvalue weighted by Gasteiger charge is -2.29. The van der Waals surface area contributed by atoms with Crippen LogP contribution in [0.1, 0.15) is 55.4 Å². The van der Waals surface area contributed by atoms with Gasteiger partial charge in [-0.25, -0.2) is 4.79 Å². The van der Waals surface area contributed by atoms with Gasteiger partial charge in [-0.15, -0.1) is 23.2 Å². The lowest BCUT2D eigenvalue weighted by atomic mass is 10.0. The highest BCUT2D eigenvalue weighted by Gasteiger charge is 2.30. The third-order valence-corrected chi connectivity index (χ3v) is 5.73. The van der Waals surface area contributed by atoms with Crippen molar-refractivity contribution in [3.8, 4) is 0 Å². The van der Waals surface area contributed by atoms with Crippen LogP contribution >= 0.6 is 23.2 Å². The van der Waals surface area contributed by atoms with Crippen LogP contribution in [-0.2, 0) is 9.59 Å². The fraction of sp³-hybridized carbons (Fsp3) is 0.857. The Morgan fingerprint density at radius 3 is 1.07 bits per heavy atom. The van der Waals surface area contributed by atoms with E-state index in [9.17, 15) is 14.4 Å². The number of urea groups is 1. The predicted molar refractivity (Wildman–Crippen MR) is 124 cm³/mol. The Balaban J connectivity index is 5.17. The van der Waals surface area contributed by atoms with Crippen LogP contribution in [0.2, 0.25) is 0 Å². The smallest absolute Gasteiger partial charge is 0.316 e. The average molecular weight is 467 g/mol. The molecule has 0 saturated heterocycles. The van der Waals surface area contributed by atoms with Crippen molar-refractivity contribution in [2.45, 2.75) is 79.6 Å². The first-order valence-corrected chi connectivity index (χ1v) is 11.7. The van der Waals surface area contributed by atoms with E-state index < -0.39 is 18.1 Å². The predicted octanol–water partition coefficient (Wildman–Crippen LogP) is 3.09. The van der Waals surface area contributed by atoms with Gasteiger partial charge in [0.2, 0.25) is 11.8 Å². The zero-order chi connectivity index (χ0) is 23.6. The Kier molecular flexibility index (Phi) is 13.4. The van der Waals surface area contributed by atoms with Gasteiger partial charge in [-0.05, 0) is 23.7 Å². The van der Waals surface area contributed by atoms with Gasteiger partial charge in [-0.3, -0.25) is 9.59 Å². The van der Waals surface area contributed by atoms with Gasteiger partial charge in [0.15, 0.2) is 0 Å². The molecule has 4 atom stereocenters. The molecule has 0 bridgehead atoms. The van der Waals surface area contributed by atoms with E-state index >= 15 is 0 Å². The molecule has 0 saturated carbocycles. The summed E-state index contributed by atoms with van der Waals surface area (Å²) in [6.45, 7) is 15.2. The molecule has 0 aromatic heterocycles. The van der Waals surface area contributed by atoms with Gasteiger partial charge >= 0.3 is 6.03 Å². The van der Waals surface area contributed by atoms with E-state index in [0.717, 1.165) is 0 Å². The molecular weight excluding hydrogens is 427 g/mol. The molecule has 7 nitrogen and oxygen atoms in total. The first-order valence-electron chi connectivity index (χ1n) is 10.6. The quantitative estimate of drug-likeness (QED) is 0.332. The maximum atomic E-state index is 12.7. The summed E-state index contributed by atoms with van der Waals surface area (Å²) in [5.41, 5.74) is 0. The highest BCUT2D eigenvalue weighted by Crippen LogP contribution is 2.09. The van der Waals surface area contributed by atoms with E-state index in [4.69, 9.17) is 23.2 Å². The molecule has 0 fully saturated rings. The maximum absolute atomic E-state index is 12.7. The van der Waals surface area contributed by atoms with Gasteiger partial charge in [-0.1, -0.05) is 55.4 Å². The summed E-state index contributed by atoms with van der Waals surface area (Å²) in [5.74, 6) is 0.00913. The molecule has 0 unspecified atom stereocenters. The highest BCUT2D eigenvalue weighted by molar-refractivity contribution is 6.18. The molecule has 4 N–H and O–H groups in total. The topological polar surface area (TPSA) is 99.3 Å². The van der Waals surface area contributed by atoms with Crippen molar-refractivity contribution in [2.24, 2.45) is 23.7 Å². The summed E-state index contributed by atoms with van der Waals surface area (Å²) in [4.78, 5) is 38.0. The minimum Gasteiger partial charge on any atom is -0.350 e. The lowest BCUT2D eigenvalue weighted by molar-refractivity contribution is -0.125. The number of hydrogen-bond donors (Lipinski definition) is 4. The van der Waals surface area contributed by atoms with Gasteiger partial charge in [-0.2, -0.15) is 0 Å². The van der Waals surface area contributed by atoms with Crippen molar-refractivity contribution in [3.63, 3.8) is 0 Å². The van der Waals surface area contributed by atoms with Crippen LogP contribution in [-0.4, -0.2) is 53.8 Å². The molecule has 0 aromatic rings. The molecule has 0 rings (SSSR count). The van der Waals surface area contributed by atoms with Gasteiger partial charge in [0.1, 0.15) is 12.1 Å². The molecule has 0 aliphatic rings. The maximum Gasteiger partial charge on any atom is 0.316 e. The Hall–Kier alpha value is -1.21. The van der Waals surface area contributed by atoms with Crippen molar-refractivity contribution < 1.29 is 14.4 Å². The van der Waals surface area contributed by atoms with Crippen molar-refractivity contribution in [2.75, 3.05) is 11.8 Å². The number of nitrogens with one attached hydrogen (secondary N) is 4. The summed E-state index contributed by atoms with van der Waals surface area (Å²) in [6, 6.07) is -2.46.